The summed E-state index contributed by atoms with van der Waals surface area (Å²) in [5.41, 5.74) is 3.15. The second-order valence-electron chi connectivity index (χ2n) is 8.01. The van der Waals surface area contributed by atoms with Crippen LogP contribution in [0, 0.1) is 17.8 Å². The fourth-order valence-corrected chi connectivity index (χ4v) is 5.04. The van der Waals surface area contributed by atoms with Crippen LogP contribution in [-0.2, 0) is 5.41 Å². The molecular formula is C19H27Br. The van der Waals surface area contributed by atoms with E-state index in [1.54, 1.807) is 0 Å². The SMILES string of the molecule is CC(C)(C)c1ccc(C(Br)CC2CC3CCC2C3)cc1. The molecule has 1 aromatic rings. The molecule has 0 aromatic heterocycles. The predicted molar refractivity (Wildman–Crippen MR) is 90.4 cm³/mol. The van der Waals surface area contributed by atoms with E-state index in [1.165, 1.54) is 43.2 Å². The molecule has 0 aliphatic heterocycles. The molecule has 3 rings (SSSR count). The highest BCUT2D eigenvalue weighted by atomic mass is 79.9. The molecule has 0 nitrogen and oxygen atoms in total. The highest BCUT2D eigenvalue weighted by molar-refractivity contribution is 9.09. The Kier molecular flexibility index (Phi) is 4.01. The van der Waals surface area contributed by atoms with Crippen molar-refractivity contribution in [3.63, 3.8) is 0 Å². The highest BCUT2D eigenvalue weighted by Gasteiger charge is 2.39. The number of rotatable bonds is 3. The molecule has 0 saturated heterocycles. The first-order chi connectivity index (χ1) is 9.43. The molecule has 0 radical (unpaired) electrons. The van der Waals surface area contributed by atoms with Crippen LogP contribution in [0.3, 0.4) is 0 Å². The van der Waals surface area contributed by atoms with Gasteiger partial charge in [0.1, 0.15) is 0 Å². The molecule has 1 heteroatoms. The number of halogens is 1. The van der Waals surface area contributed by atoms with Gasteiger partial charge < -0.3 is 0 Å². The van der Waals surface area contributed by atoms with Gasteiger partial charge in [-0.3, -0.25) is 0 Å². The van der Waals surface area contributed by atoms with Gasteiger partial charge in [0.15, 0.2) is 0 Å². The smallest absolute Gasteiger partial charge is 0.0398 e. The first-order valence-electron chi connectivity index (χ1n) is 8.18. The molecule has 2 aliphatic rings. The Morgan fingerprint density at radius 1 is 1.10 bits per heavy atom. The molecule has 2 bridgehead atoms. The lowest BCUT2D eigenvalue weighted by atomic mass is 9.83. The molecule has 0 spiro atoms. The Bertz CT molecular complexity index is 454. The maximum Gasteiger partial charge on any atom is 0.0398 e. The van der Waals surface area contributed by atoms with Gasteiger partial charge in [-0.1, -0.05) is 67.4 Å². The summed E-state index contributed by atoms with van der Waals surface area (Å²) in [6, 6.07) is 9.27. The summed E-state index contributed by atoms with van der Waals surface area (Å²) in [5, 5.41) is 0. The fourth-order valence-electron chi connectivity index (χ4n) is 4.26. The number of fused-ring (bicyclic) bond motifs is 2. The van der Waals surface area contributed by atoms with E-state index in [-0.39, 0.29) is 5.41 Å². The van der Waals surface area contributed by atoms with Gasteiger partial charge in [0.05, 0.1) is 0 Å². The van der Waals surface area contributed by atoms with Crippen LogP contribution in [0.15, 0.2) is 24.3 Å². The second-order valence-corrected chi connectivity index (χ2v) is 9.12. The van der Waals surface area contributed by atoms with Crippen LogP contribution in [0.4, 0.5) is 0 Å². The summed E-state index contributed by atoms with van der Waals surface area (Å²) < 4.78 is 0. The summed E-state index contributed by atoms with van der Waals surface area (Å²) in [7, 11) is 0. The fraction of sp³-hybridized carbons (Fsp3) is 0.684. The van der Waals surface area contributed by atoms with E-state index in [0.717, 1.165) is 17.8 Å². The Labute approximate surface area is 132 Å². The molecule has 4 atom stereocenters. The molecule has 2 saturated carbocycles. The van der Waals surface area contributed by atoms with E-state index in [2.05, 4.69) is 61.0 Å². The van der Waals surface area contributed by atoms with Gasteiger partial charge in [-0.25, -0.2) is 0 Å². The van der Waals surface area contributed by atoms with E-state index in [0.29, 0.717) is 4.83 Å². The Morgan fingerprint density at radius 3 is 2.30 bits per heavy atom. The van der Waals surface area contributed by atoms with Gasteiger partial charge in [0.25, 0.3) is 0 Å². The lowest BCUT2D eigenvalue weighted by Gasteiger charge is -2.25. The van der Waals surface area contributed by atoms with E-state index < -0.39 is 0 Å². The van der Waals surface area contributed by atoms with Crippen molar-refractivity contribution < 1.29 is 0 Å². The number of benzene rings is 1. The lowest BCUT2D eigenvalue weighted by Crippen LogP contribution is -2.13. The van der Waals surface area contributed by atoms with Crippen molar-refractivity contribution in [2.45, 2.75) is 63.1 Å². The van der Waals surface area contributed by atoms with E-state index in [4.69, 9.17) is 0 Å². The van der Waals surface area contributed by atoms with E-state index in [1.807, 2.05) is 0 Å². The van der Waals surface area contributed by atoms with Gasteiger partial charge in [0.2, 0.25) is 0 Å². The zero-order valence-corrected chi connectivity index (χ0v) is 14.6. The first-order valence-corrected chi connectivity index (χ1v) is 9.09. The maximum absolute atomic E-state index is 3.94. The van der Waals surface area contributed by atoms with Crippen LogP contribution in [0.25, 0.3) is 0 Å². The summed E-state index contributed by atoms with van der Waals surface area (Å²) in [4.78, 5) is 0.542. The maximum atomic E-state index is 3.94. The molecule has 110 valence electrons. The van der Waals surface area contributed by atoms with E-state index >= 15 is 0 Å². The van der Waals surface area contributed by atoms with Crippen LogP contribution in [-0.4, -0.2) is 0 Å². The molecule has 20 heavy (non-hydrogen) atoms. The molecular weight excluding hydrogens is 308 g/mol. The largest absolute Gasteiger partial charge is 0.0839 e. The summed E-state index contributed by atoms with van der Waals surface area (Å²) >= 11 is 3.94. The molecule has 2 aliphatic carbocycles. The first kappa shape index (κ1) is 14.6. The van der Waals surface area contributed by atoms with Crippen molar-refractivity contribution in [3.05, 3.63) is 35.4 Å². The third kappa shape index (κ3) is 2.98. The minimum Gasteiger partial charge on any atom is -0.0839 e. The molecule has 0 heterocycles. The van der Waals surface area contributed by atoms with Crippen molar-refractivity contribution in [1.82, 2.24) is 0 Å². The van der Waals surface area contributed by atoms with Crippen LogP contribution < -0.4 is 0 Å². The van der Waals surface area contributed by atoms with Crippen molar-refractivity contribution in [2.24, 2.45) is 17.8 Å². The van der Waals surface area contributed by atoms with Crippen molar-refractivity contribution in [3.8, 4) is 0 Å². The zero-order chi connectivity index (χ0) is 14.3. The zero-order valence-electron chi connectivity index (χ0n) is 13.0. The summed E-state index contributed by atoms with van der Waals surface area (Å²) in [6.07, 6.45) is 7.35. The highest BCUT2D eigenvalue weighted by Crippen LogP contribution is 2.51. The minimum atomic E-state index is 0.255. The normalized spacial score (nSPS) is 30.7. The summed E-state index contributed by atoms with van der Waals surface area (Å²) in [5.74, 6) is 3.07. The van der Waals surface area contributed by atoms with Gasteiger partial charge >= 0.3 is 0 Å². The number of hydrogen-bond acceptors (Lipinski definition) is 0. The topological polar surface area (TPSA) is 0 Å². The predicted octanol–water partition coefficient (Wildman–Crippen LogP) is 6.25. The van der Waals surface area contributed by atoms with Crippen LogP contribution in [0.5, 0.6) is 0 Å². The molecule has 0 N–H and O–H groups in total. The third-order valence-electron chi connectivity index (χ3n) is 5.53. The minimum absolute atomic E-state index is 0.255. The molecule has 2 fully saturated rings. The van der Waals surface area contributed by atoms with Gasteiger partial charge in [-0.15, -0.1) is 0 Å². The Balaban J connectivity index is 1.64. The molecule has 1 aromatic carbocycles. The van der Waals surface area contributed by atoms with Gasteiger partial charge in [-0.2, -0.15) is 0 Å². The molecule has 0 amide bonds. The van der Waals surface area contributed by atoms with Crippen molar-refractivity contribution in [1.29, 1.82) is 0 Å². The van der Waals surface area contributed by atoms with Crippen molar-refractivity contribution >= 4 is 15.9 Å². The van der Waals surface area contributed by atoms with Crippen LogP contribution in [0.2, 0.25) is 0 Å². The van der Waals surface area contributed by atoms with Gasteiger partial charge in [-0.05, 0) is 60.0 Å². The number of hydrogen-bond donors (Lipinski definition) is 0. The third-order valence-corrected chi connectivity index (χ3v) is 6.44. The standard InChI is InChI=1S/C19H27Br/c1-19(2,3)17-8-6-14(7-9-17)18(20)12-16-11-13-4-5-15(16)10-13/h6-9,13,15-16,18H,4-5,10-12H2,1-3H3. The lowest BCUT2D eigenvalue weighted by molar-refractivity contribution is 0.314. The quantitative estimate of drug-likeness (QED) is 0.573. The summed E-state index contributed by atoms with van der Waals surface area (Å²) in [6.45, 7) is 6.84. The Hall–Kier alpha value is -0.300. The van der Waals surface area contributed by atoms with Crippen LogP contribution >= 0.6 is 15.9 Å². The monoisotopic (exact) mass is 334 g/mol. The van der Waals surface area contributed by atoms with Crippen molar-refractivity contribution in [2.75, 3.05) is 0 Å². The average molecular weight is 335 g/mol. The Morgan fingerprint density at radius 2 is 1.80 bits per heavy atom. The van der Waals surface area contributed by atoms with Gasteiger partial charge in [0, 0.05) is 4.83 Å². The number of alkyl halides is 1. The second kappa shape index (κ2) is 5.48. The van der Waals surface area contributed by atoms with E-state index in [9.17, 15) is 0 Å². The molecule has 4 unspecified atom stereocenters. The van der Waals surface area contributed by atoms with Crippen LogP contribution in [0.1, 0.15) is 68.8 Å². The average Bonchev–Trinajstić information content (AvgIpc) is 3.00.